The molecule has 0 bridgehead atoms. The van der Waals surface area contributed by atoms with E-state index in [9.17, 15) is 33.4 Å². The van der Waals surface area contributed by atoms with Gasteiger partial charge in [0.05, 0.1) is 17.0 Å². The molecule has 1 aromatic carbocycles. The summed E-state index contributed by atoms with van der Waals surface area (Å²) in [5.74, 6) is -1.04. The lowest BCUT2D eigenvalue weighted by molar-refractivity contribution is -0.393. The van der Waals surface area contributed by atoms with Gasteiger partial charge in [-0.15, -0.1) is 0 Å². The molecule has 0 aromatic heterocycles. The maximum absolute atomic E-state index is 13.2. The number of nitro groups is 2. The Hall–Kier alpha value is -2.59. The van der Waals surface area contributed by atoms with Crippen molar-refractivity contribution in [2.24, 2.45) is 0 Å². The van der Waals surface area contributed by atoms with E-state index in [1.165, 1.54) is 0 Å². The van der Waals surface area contributed by atoms with Crippen LogP contribution in [0.2, 0.25) is 0 Å². The first kappa shape index (κ1) is 18.7. The lowest BCUT2D eigenvalue weighted by Gasteiger charge is -2.24. The third kappa shape index (κ3) is 3.91. The molecule has 0 amide bonds. The summed E-state index contributed by atoms with van der Waals surface area (Å²) in [7, 11) is 0.855. The Morgan fingerprint density at radius 2 is 1.76 bits per heavy atom. The molecule has 0 unspecified atom stereocenters. The fraction of sp³-hybridized carbons (Fsp3) is 0.571. The standard InChI is InChI=1S/C14H16F3N3O5/c1-25-13-9(14(15,16)17)7-10(19(21)22)11(12(13)20(23)24)18-8-5-3-2-4-6-8/h7-8,18H,2-6H2,1H3. The van der Waals surface area contributed by atoms with Gasteiger partial charge in [-0.05, 0) is 12.8 Å². The third-order valence-electron chi connectivity index (χ3n) is 4.08. The minimum atomic E-state index is -5.04. The van der Waals surface area contributed by atoms with Gasteiger partial charge in [0, 0.05) is 12.1 Å². The second kappa shape index (κ2) is 7.11. The van der Waals surface area contributed by atoms with E-state index in [1.54, 1.807) is 0 Å². The molecule has 2 rings (SSSR count). The van der Waals surface area contributed by atoms with Crippen molar-refractivity contribution in [2.75, 3.05) is 12.4 Å². The SMILES string of the molecule is COc1c(C(F)(F)F)cc([N+](=O)[O-])c(NC2CCCCC2)c1[N+](=O)[O-]. The first-order chi connectivity index (χ1) is 11.7. The molecule has 8 nitrogen and oxygen atoms in total. The first-order valence-electron chi connectivity index (χ1n) is 7.54. The van der Waals surface area contributed by atoms with Crippen LogP contribution in [-0.4, -0.2) is 23.0 Å². The number of nitrogens with zero attached hydrogens (tertiary/aromatic N) is 2. The number of nitrogens with one attached hydrogen (secondary N) is 1. The molecule has 0 spiro atoms. The zero-order chi connectivity index (χ0) is 18.8. The Bertz CT molecular complexity index is 687. The molecule has 1 N–H and O–H groups in total. The summed E-state index contributed by atoms with van der Waals surface area (Å²) >= 11 is 0. The number of anilines is 1. The van der Waals surface area contributed by atoms with Crippen LogP contribution in [0.1, 0.15) is 37.7 Å². The minimum absolute atomic E-state index is 0.275. The molecule has 1 aliphatic carbocycles. The molecule has 0 aliphatic heterocycles. The van der Waals surface area contributed by atoms with Gasteiger partial charge in [0.25, 0.3) is 5.69 Å². The van der Waals surface area contributed by atoms with E-state index in [0.29, 0.717) is 12.8 Å². The quantitative estimate of drug-likeness (QED) is 0.618. The maximum atomic E-state index is 13.2. The Labute approximate surface area is 140 Å². The van der Waals surface area contributed by atoms with Crippen LogP contribution >= 0.6 is 0 Å². The highest BCUT2D eigenvalue weighted by molar-refractivity contribution is 5.81. The molecule has 0 radical (unpaired) electrons. The Morgan fingerprint density at radius 3 is 2.20 bits per heavy atom. The van der Waals surface area contributed by atoms with Gasteiger partial charge in [0.1, 0.15) is 5.56 Å². The number of methoxy groups -OCH3 is 1. The summed E-state index contributed by atoms with van der Waals surface area (Å²) in [5.41, 5.74) is -4.17. The molecule has 1 aliphatic rings. The zero-order valence-corrected chi connectivity index (χ0v) is 13.3. The van der Waals surface area contributed by atoms with Gasteiger partial charge >= 0.3 is 11.9 Å². The van der Waals surface area contributed by atoms with Crippen LogP contribution in [0, 0.1) is 20.2 Å². The van der Waals surface area contributed by atoms with Gasteiger partial charge in [-0.25, -0.2) is 0 Å². The normalized spacial score (nSPS) is 15.7. The lowest BCUT2D eigenvalue weighted by atomic mass is 9.95. The summed E-state index contributed by atoms with van der Waals surface area (Å²) in [6.45, 7) is 0. The fourth-order valence-corrected chi connectivity index (χ4v) is 2.97. The summed E-state index contributed by atoms with van der Waals surface area (Å²) in [5, 5.41) is 25.3. The van der Waals surface area contributed by atoms with E-state index >= 15 is 0 Å². The molecule has 1 aromatic rings. The average molecular weight is 363 g/mol. The Morgan fingerprint density at radius 1 is 1.16 bits per heavy atom. The zero-order valence-electron chi connectivity index (χ0n) is 13.3. The van der Waals surface area contributed by atoms with Crippen molar-refractivity contribution in [1.29, 1.82) is 0 Å². The molecule has 11 heteroatoms. The monoisotopic (exact) mass is 363 g/mol. The molecular weight excluding hydrogens is 347 g/mol. The van der Waals surface area contributed by atoms with Crippen molar-refractivity contribution >= 4 is 17.1 Å². The number of benzene rings is 1. The van der Waals surface area contributed by atoms with Crippen LogP contribution in [0.3, 0.4) is 0 Å². The summed E-state index contributed by atoms with van der Waals surface area (Å²) < 4.78 is 44.1. The largest absolute Gasteiger partial charge is 0.490 e. The van der Waals surface area contributed by atoms with Crippen molar-refractivity contribution < 1.29 is 27.8 Å². The molecule has 138 valence electrons. The van der Waals surface area contributed by atoms with E-state index in [4.69, 9.17) is 0 Å². The predicted molar refractivity (Wildman–Crippen MR) is 81.8 cm³/mol. The van der Waals surface area contributed by atoms with Gasteiger partial charge in [-0.1, -0.05) is 19.3 Å². The number of nitro benzene ring substituents is 2. The second-order valence-corrected chi connectivity index (χ2v) is 5.69. The van der Waals surface area contributed by atoms with E-state index < -0.39 is 44.4 Å². The summed E-state index contributed by atoms with van der Waals surface area (Å²) in [6.07, 6.45) is -1.16. The molecule has 0 heterocycles. The van der Waals surface area contributed by atoms with Gasteiger partial charge < -0.3 is 10.1 Å². The lowest BCUT2D eigenvalue weighted by Crippen LogP contribution is -2.24. The predicted octanol–water partition coefficient (Wildman–Crippen LogP) is 4.28. The van der Waals surface area contributed by atoms with Crippen molar-refractivity contribution in [3.63, 3.8) is 0 Å². The van der Waals surface area contributed by atoms with Crippen LogP contribution < -0.4 is 10.1 Å². The Balaban J connectivity index is 2.69. The second-order valence-electron chi connectivity index (χ2n) is 5.69. The molecule has 1 saturated carbocycles. The summed E-state index contributed by atoms with van der Waals surface area (Å²) in [6, 6.07) is -0.00984. The highest BCUT2D eigenvalue weighted by Crippen LogP contribution is 2.49. The van der Waals surface area contributed by atoms with Crippen LogP contribution in [0.25, 0.3) is 0 Å². The van der Waals surface area contributed by atoms with Crippen molar-refractivity contribution in [2.45, 2.75) is 44.3 Å². The number of ether oxygens (including phenoxy) is 1. The smallest absolute Gasteiger partial charge is 0.420 e. The fourth-order valence-electron chi connectivity index (χ4n) is 2.97. The van der Waals surface area contributed by atoms with Gasteiger partial charge in [-0.2, -0.15) is 13.2 Å². The third-order valence-corrected chi connectivity index (χ3v) is 4.08. The van der Waals surface area contributed by atoms with Crippen LogP contribution in [0.5, 0.6) is 5.75 Å². The van der Waals surface area contributed by atoms with Crippen LogP contribution in [0.15, 0.2) is 6.07 Å². The number of halogens is 3. The van der Waals surface area contributed by atoms with E-state index in [-0.39, 0.29) is 12.1 Å². The Kier molecular flexibility index (Phi) is 5.33. The average Bonchev–Trinajstić information content (AvgIpc) is 2.53. The molecule has 1 fully saturated rings. The van der Waals surface area contributed by atoms with Gasteiger partial charge in [0.2, 0.25) is 5.75 Å². The van der Waals surface area contributed by atoms with Crippen LogP contribution in [0.4, 0.5) is 30.2 Å². The maximum Gasteiger partial charge on any atom is 0.420 e. The highest BCUT2D eigenvalue weighted by Gasteiger charge is 2.43. The van der Waals surface area contributed by atoms with E-state index in [0.717, 1.165) is 26.4 Å². The van der Waals surface area contributed by atoms with E-state index in [1.807, 2.05) is 0 Å². The van der Waals surface area contributed by atoms with E-state index in [2.05, 4.69) is 10.1 Å². The first-order valence-corrected chi connectivity index (χ1v) is 7.54. The topological polar surface area (TPSA) is 108 Å². The number of hydrogen-bond acceptors (Lipinski definition) is 6. The molecular formula is C14H16F3N3O5. The number of alkyl halides is 3. The molecule has 25 heavy (non-hydrogen) atoms. The van der Waals surface area contributed by atoms with Crippen molar-refractivity contribution in [3.8, 4) is 5.75 Å². The molecule has 0 saturated heterocycles. The summed E-state index contributed by atoms with van der Waals surface area (Å²) in [4.78, 5) is 20.5. The van der Waals surface area contributed by atoms with Crippen molar-refractivity contribution in [1.82, 2.24) is 0 Å². The highest BCUT2D eigenvalue weighted by atomic mass is 19.4. The van der Waals surface area contributed by atoms with Gasteiger partial charge in [0.15, 0.2) is 5.69 Å². The minimum Gasteiger partial charge on any atom is -0.490 e. The molecule has 0 atom stereocenters. The van der Waals surface area contributed by atoms with Gasteiger partial charge in [-0.3, -0.25) is 20.2 Å². The number of rotatable bonds is 5. The van der Waals surface area contributed by atoms with Crippen molar-refractivity contribution in [3.05, 3.63) is 31.9 Å². The number of hydrogen-bond donors (Lipinski definition) is 1. The van der Waals surface area contributed by atoms with Crippen LogP contribution in [-0.2, 0) is 6.18 Å².